The van der Waals surface area contributed by atoms with Crippen molar-refractivity contribution in [3.05, 3.63) is 121 Å². The molecule has 5 aromatic heterocycles. The van der Waals surface area contributed by atoms with Crippen LogP contribution < -0.4 is 0 Å². The molecule has 5 atom stereocenters. The molecule has 0 bridgehead atoms. The van der Waals surface area contributed by atoms with Crippen molar-refractivity contribution in [3.8, 4) is 0 Å². The van der Waals surface area contributed by atoms with Crippen molar-refractivity contribution >= 4 is 29.8 Å². The number of ether oxygens (including phenoxy) is 6. The summed E-state index contributed by atoms with van der Waals surface area (Å²) in [5.74, 6) is -6.53. The lowest BCUT2D eigenvalue weighted by molar-refractivity contribution is -0.283. The van der Waals surface area contributed by atoms with Crippen LogP contribution in [0.15, 0.2) is 114 Å². The molecule has 0 radical (unpaired) electrons. The fourth-order valence-corrected chi connectivity index (χ4v) is 4.42. The van der Waals surface area contributed by atoms with Crippen molar-refractivity contribution in [2.75, 3.05) is 6.61 Å². The number of carbonyl (C=O) groups excluding carboxylic acids is 5. The molecule has 1 saturated heterocycles. The molecule has 242 valence electrons. The maximum atomic E-state index is 13.2. The molecule has 6 rings (SSSR count). The van der Waals surface area contributed by atoms with Crippen molar-refractivity contribution in [2.24, 2.45) is 0 Å². The first-order valence-corrected chi connectivity index (χ1v) is 13.7. The molecule has 0 unspecified atom stereocenters. The van der Waals surface area contributed by atoms with Gasteiger partial charge in [-0.05, 0) is 60.7 Å². The first kappa shape index (κ1) is 30.7. The van der Waals surface area contributed by atoms with Gasteiger partial charge in [0, 0.05) is 0 Å². The fraction of sp³-hybridized carbons (Fsp3) is 0.194. The number of hydrogen-bond donors (Lipinski definition) is 0. The van der Waals surface area contributed by atoms with E-state index in [0.717, 1.165) is 0 Å². The molecule has 5 aromatic rings. The Balaban J connectivity index is 1.38. The van der Waals surface area contributed by atoms with Crippen molar-refractivity contribution < 1.29 is 74.5 Å². The minimum Gasteiger partial charge on any atom is -0.457 e. The van der Waals surface area contributed by atoms with Gasteiger partial charge in [-0.1, -0.05) is 0 Å². The third kappa shape index (κ3) is 7.02. The zero-order valence-corrected chi connectivity index (χ0v) is 23.8. The topological polar surface area (TPSA) is 206 Å². The maximum Gasteiger partial charge on any atom is 0.376 e. The Bertz CT molecular complexity index is 1770. The van der Waals surface area contributed by atoms with Gasteiger partial charge >= 0.3 is 29.8 Å². The summed E-state index contributed by atoms with van der Waals surface area (Å²) in [7, 11) is 0. The van der Waals surface area contributed by atoms with E-state index in [1.165, 1.54) is 92.0 Å². The molecular weight excluding hydrogens is 628 g/mol. The minimum atomic E-state index is -1.88. The number of esters is 5. The lowest BCUT2D eigenvalue weighted by Gasteiger charge is -2.43. The Morgan fingerprint density at radius 3 is 1.23 bits per heavy atom. The molecule has 6 heterocycles. The zero-order valence-electron chi connectivity index (χ0n) is 23.8. The van der Waals surface area contributed by atoms with Crippen LogP contribution in [0.25, 0.3) is 0 Å². The predicted octanol–water partition coefficient (Wildman–Crippen LogP) is 4.07. The molecule has 0 amide bonds. The Hall–Kier alpha value is -6.29. The van der Waals surface area contributed by atoms with Crippen LogP contribution in [0.3, 0.4) is 0 Å². The van der Waals surface area contributed by atoms with Gasteiger partial charge in [-0.2, -0.15) is 0 Å². The Kier molecular flexibility index (Phi) is 9.01. The van der Waals surface area contributed by atoms with E-state index in [2.05, 4.69) is 0 Å². The molecule has 1 aliphatic heterocycles. The Morgan fingerprint density at radius 2 is 0.830 bits per heavy atom. The van der Waals surface area contributed by atoms with Crippen LogP contribution in [-0.4, -0.2) is 67.2 Å². The van der Waals surface area contributed by atoms with E-state index < -0.39 is 67.2 Å². The fourth-order valence-electron chi connectivity index (χ4n) is 4.42. The maximum absolute atomic E-state index is 13.2. The minimum absolute atomic E-state index is 0.170. The highest BCUT2D eigenvalue weighted by molar-refractivity contribution is 5.89. The Labute approximate surface area is 262 Å². The number of carbonyl (C=O) groups is 5. The van der Waals surface area contributed by atoms with E-state index >= 15 is 0 Å². The van der Waals surface area contributed by atoms with Gasteiger partial charge in [0.2, 0.25) is 41.2 Å². The molecule has 47 heavy (non-hydrogen) atoms. The van der Waals surface area contributed by atoms with Crippen molar-refractivity contribution in [2.45, 2.75) is 30.7 Å². The van der Waals surface area contributed by atoms with Crippen LogP contribution in [0.4, 0.5) is 0 Å². The quantitative estimate of drug-likeness (QED) is 0.146. The van der Waals surface area contributed by atoms with E-state index in [0.29, 0.717) is 0 Å². The average Bonchev–Trinajstić information content (AvgIpc) is 3.92. The molecular formula is C31H22O16. The molecule has 0 spiro atoms. The zero-order chi connectivity index (χ0) is 32.8. The number of furan rings is 5. The molecule has 0 aromatic carbocycles. The van der Waals surface area contributed by atoms with E-state index in [4.69, 9.17) is 50.5 Å². The summed E-state index contributed by atoms with van der Waals surface area (Å²) < 4.78 is 59.4. The summed E-state index contributed by atoms with van der Waals surface area (Å²) in [6, 6.07) is 13.6. The largest absolute Gasteiger partial charge is 0.457 e. The molecule has 1 fully saturated rings. The number of hydrogen-bond acceptors (Lipinski definition) is 16. The third-order valence-corrected chi connectivity index (χ3v) is 6.53. The first-order valence-electron chi connectivity index (χ1n) is 13.7. The summed E-state index contributed by atoms with van der Waals surface area (Å²) in [6.07, 6.45) is -2.69. The highest BCUT2D eigenvalue weighted by atomic mass is 16.8. The average molecular weight is 651 g/mol. The smallest absolute Gasteiger partial charge is 0.376 e. The summed E-state index contributed by atoms with van der Waals surface area (Å²) in [4.78, 5) is 65.2. The third-order valence-electron chi connectivity index (χ3n) is 6.53. The highest BCUT2D eigenvalue weighted by Crippen LogP contribution is 2.32. The SMILES string of the molecule is O=C(OC[C@H]1O[C@H](OC(=O)c2ccco2)[C@H](OC(=O)c2ccco2)[C@@H](OC(=O)c2ccco2)[C@@H]1OC(=O)c1ccco1)c1ccco1. The second-order valence-electron chi connectivity index (χ2n) is 9.54. The van der Waals surface area contributed by atoms with Gasteiger partial charge in [0.05, 0.1) is 31.3 Å². The summed E-state index contributed by atoms with van der Waals surface area (Å²) in [6.45, 7) is -0.682. The molecule has 16 heteroatoms. The van der Waals surface area contributed by atoms with Crippen LogP contribution in [0.1, 0.15) is 52.8 Å². The van der Waals surface area contributed by atoms with E-state index in [-0.39, 0.29) is 28.8 Å². The van der Waals surface area contributed by atoms with E-state index in [1.807, 2.05) is 0 Å². The van der Waals surface area contributed by atoms with Gasteiger partial charge in [-0.3, -0.25) is 0 Å². The van der Waals surface area contributed by atoms with Crippen molar-refractivity contribution in [1.82, 2.24) is 0 Å². The molecule has 0 saturated carbocycles. The second kappa shape index (κ2) is 13.8. The highest BCUT2D eigenvalue weighted by Gasteiger charge is 2.55. The van der Waals surface area contributed by atoms with E-state index in [9.17, 15) is 24.0 Å². The first-order chi connectivity index (χ1) is 22.9. The normalized spacial score (nSPS) is 20.6. The van der Waals surface area contributed by atoms with Gasteiger partial charge in [-0.25, -0.2) is 24.0 Å². The van der Waals surface area contributed by atoms with Crippen molar-refractivity contribution in [3.63, 3.8) is 0 Å². The van der Waals surface area contributed by atoms with Gasteiger partial charge in [0.25, 0.3) is 0 Å². The molecule has 16 nitrogen and oxygen atoms in total. The van der Waals surface area contributed by atoms with Gasteiger partial charge in [0.15, 0.2) is 12.2 Å². The van der Waals surface area contributed by atoms with Crippen LogP contribution in [0.5, 0.6) is 0 Å². The standard InChI is InChI=1S/C31H22O16/c32-26(17-6-1-11-37-17)42-16-22-23(44-27(33)18-7-2-12-38-18)24(45-28(34)19-8-3-13-39-19)25(46-29(35)20-9-4-14-40-20)31(43-22)47-30(36)21-10-5-15-41-21/h1-15,22-25,31H,16H2/t22-,23-,24+,25-,31-/m1/s1. The molecule has 0 aliphatic carbocycles. The summed E-state index contributed by atoms with van der Waals surface area (Å²) >= 11 is 0. The lowest BCUT2D eigenvalue weighted by atomic mass is 9.98. The number of rotatable bonds is 11. The summed E-state index contributed by atoms with van der Waals surface area (Å²) in [5, 5.41) is 0. The second-order valence-corrected chi connectivity index (χ2v) is 9.54. The molecule has 1 aliphatic rings. The Morgan fingerprint density at radius 1 is 0.468 bits per heavy atom. The monoisotopic (exact) mass is 650 g/mol. The van der Waals surface area contributed by atoms with Crippen LogP contribution in [0.2, 0.25) is 0 Å². The lowest BCUT2D eigenvalue weighted by Crippen LogP contribution is -2.63. The van der Waals surface area contributed by atoms with Crippen LogP contribution in [-0.2, 0) is 28.4 Å². The van der Waals surface area contributed by atoms with Gasteiger partial charge in [-0.15, -0.1) is 0 Å². The van der Waals surface area contributed by atoms with Crippen LogP contribution >= 0.6 is 0 Å². The predicted molar refractivity (Wildman–Crippen MR) is 146 cm³/mol. The van der Waals surface area contributed by atoms with E-state index in [1.54, 1.807) is 0 Å². The van der Waals surface area contributed by atoms with Gasteiger partial charge in [0.1, 0.15) is 12.7 Å². The van der Waals surface area contributed by atoms with Gasteiger partial charge < -0.3 is 50.5 Å². The van der Waals surface area contributed by atoms with Crippen molar-refractivity contribution in [1.29, 1.82) is 0 Å². The molecule has 0 N–H and O–H groups in total. The summed E-state index contributed by atoms with van der Waals surface area (Å²) in [5.41, 5.74) is 0. The van der Waals surface area contributed by atoms with Crippen LogP contribution in [0, 0.1) is 0 Å².